The summed E-state index contributed by atoms with van der Waals surface area (Å²) in [5, 5.41) is 9.37. The maximum absolute atomic E-state index is 14.4. The minimum Gasteiger partial charge on any atom is -0.489 e. The van der Waals surface area contributed by atoms with Gasteiger partial charge in [-0.3, -0.25) is 38.7 Å². The van der Waals surface area contributed by atoms with Crippen molar-refractivity contribution in [3.63, 3.8) is 0 Å². The van der Waals surface area contributed by atoms with Gasteiger partial charge >= 0.3 is 0 Å². The second kappa shape index (κ2) is 15.1. The summed E-state index contributed by atoms with van der Waals surface area (Å²) in [5.74, 6) is -0.675. The summed E-state index contributed by atoms with van der Waals surface area (Å²) in [5.41, 5.74) is 7.06. The van der Waals surface area contributed by atoms with Gasteiger partial charge in [-0.05, 0) is 74.1 Å². The molecule has 4 fully saturated rings. The van der Waals surface area contributed by atoms with Crippen molar-refractivity contribution in [1.82, 2.24) is 24.7 Å². The third kappa shape index (κ3) is 6.96. The van der Waals surface area contributed by atoms with Gasteiger partial charge in [0.05, 0.1) is 34.4 Å². The van der Waals surface area contributed by atoms with Gasteiger partial charge in [-0.25, -0.2) is 9.97 Å². The Balaban J connectivity index is 0.886. The molecule has 1 saturated carbocycles. The third-order valence-corrected chi connectivity index (χ3v) is 13.3. The van der Waals surface area contributed by atoms with Crippen molar-refractivity contribution in [2.24, 2.45) is 22.5 Å². The fourth-order valence-corrected chi connectivity index (χ4v) is 10.6. The molecule has 2 N–H and O–H groups in total. The highest BCUT2D eigenvalue weighted by Gasteiger charge is 2.68. The molecular weight excluding hydrogens is 751 g/mol. The molecule has 0 spiro atoms. The van der Waals surface area contributed by atoms with Gasteiger partial charge in [-0.1, -0.05) is 27.7 Å². The maximum atomic E-state index is 14.4. The van der Waals surface area contributed by atoms with Gasteiger partial charge in [-0.2, -0.15) is 5.26 Å². The number of hydrogen-bond acceptors (Lipinski definition) is 12. The van der Waals surface area contributed by atoms with Crippen molar-refractivity contribution in [2.75, 3.05) is 55.6 Å². The number of carbonyl (C=O) groups is 5. The van der Waals surface area contributed by atoms with E-state index in [4.69, 9.17) is 10.5 Å². The first-order valence-corrected chi connectivity index (χ1v) is 20.5. The summed E-state index contributed by atoms with van der Waals surface area (Å²) in [6, 6.07) is 11.2. The zero-order chi connectivity index (χ0) is 42.0. The van der Waals surface area contributed by atoms with Crippen LogP contribution in [-0.2, 0) is 9.59 Å². The summed E-state index contributed by atoms with van der Waals surface area (Å²) in [7, 11) is 0. The number of nitrogens with zero attached hydrogens (tertiary/aromatic N) is 8. The number of rotatable bonds is 9. The number of amides is 5. The Kier molecular flexibility index (Phi) is 10.2. The quantitative estimate of drug-likeness (QED) is 0.309. The number of nitrogens with two attached hydrogens (primary N) is 1. The molecule has 15 nitrogen and oxygen atoms in total. The van der Waals surface area contributed by atoms with Crippen LogP contribution in [0.2, 0.25) is 0 Å². The fraction of sp³-hybridized carbons (Fsp3) is 0.500. The third-order valence-electron chi connectivity index (χ3n) is 13.3. The normalized spacial score (nSPS) is 24.5. The Morgan fingerprint density at radius 3 is 2.14 bits per heavy atom. The first kappa shape index (κ1) is 39.9. The van der Waals surface area contributed by atoms with Gasteiger partial charge in [0.2, 0.25) is 11.9 Å². The van der Waals surface area contributed by atoms with E-state index in [0.29, 0.717) is 28.7 Å². The van der Waals surface area contributed by atoms with E-state index in [-0.39, 0.29) is 36.0 Å². The number of primary amides is 1. The first-order chi connectivity index (χ1) is 28.1. The van der Waals surface area contributed by atoms with Gasteiger partial charge in [0.1, 0.15) is 17.9 Å². The van der Waals surface area contributed by atoms with Crippen LogP contribution in [0.4, 0.5) is 11.6 Å². The number of piperazine rings is 1. The molecule has 4 aliphatic heterocycles. The highest BCUT2D eigenvalue weighted by atomic mass is 16.5. The summed E-state index contributed by atoms with van der Waals surface area (Å²) in [6.07, 6.45) is 4.70. The lowest BCUT2D eigenvalue weighted by Crippen LogP contribution is -2.77. The summed E-state index contributed by atoms with van der Waals surface area (Å²) in [4.78, 5) is 85.3. The lowest BCUT2D eigenvalue weighted by atomic mass is 9.48. The van der Waals surface area contributed by atoms with Crippen LogP contribution in [0.15, 0.2) is 48.8 Å². The topological polar surface area (TPSA) is 186 Å². The SMILES string of the molecule is Cc1cc(OC2C(C)(C)C(N3C(=O)CCC(N4C(=O)c5ccc(N6CCN(CC7CCN(c8ncc(C(N)=O)cn8)CC7)CC6)cc5C4=O)C3=O)C2(C)C)ccc1C#N. The van der Waals surface area contributed by atoms with Crippen LogP contribution in [0, 0.1) is 35.0 Å². The van der Waals surface area contributed by atoms with Crippen LogP contribution in [-0.4, -0.2) is 118 Å². The van der Waals surface area contributed by atoms with Gasteiger partial charge in [0.25, 0.3) is 23.6 Å². The van der Waals surface area contributed by atoms with E-state index in [1.165, 1.54) is 17.3 Å². The summed E-state index contributed by atoms with van der Waals surface area (Å²) >= 11 is 0. The second-order valence-corrected chi connectivity index (χ2v) is 17.9. The molecule has 3 saturated heterocycles. The smallest absolute Gasteiger partial charge is 0.262 e. The van der Waals surface area contributed by atoms with E-state index < -0.39 is 46.5 Å². The van der Waals surface area contributed by atoms with Crippen LogP contribution in [0.5, 0.6) is 5.75 Å². The second-order valence-electron chi connectivity index (χ2n) is 17.9. The molecule has 308 valence electrons. The molecule has 3 aromatic rings. The van der Waals surface area contributed by atoms with E-state index in [1.54, 1.807) is 24.3 Å². The first-order valence-electron chi connectivity index (χ1n) is 20.5. The number of benzene rings is 2. The Hall–Kier alpha value is -5.88. The monoisotopic (exact) mass is 801 g/mol. The van der Waals surface area contributed by atoms with E-state index in [1.807, 2.05) is 46.8 Å². The molecule has 0 bridgehead atoms. The summed E-state index contributed by atoms with van der Waals surface area (Å²) in [6.45, 7) is 15.6. The van der Waals surface area contributed by atoms with Crippen LogP contribution in [0.25, 0.3) is 0 Å². The van der Waals surface area contributed by atoms with E-state index >= 15 is 0 Å². The molecular formula is C44H51N9O6. The number of anilines is 2. The van der Waals surface area contributed by atoms with Crippen molar-refractivity contribution in [1.29, 1.82) is 5.26 Å². The Labute approximate surface area is 344 Å². The van der Waals surface area contributed by atoms with Gasteiger partial charge < -0.3 is 20.3 Å². The molecule has 1 atom stereocenters. The van der Waals surface area contributed by atoms with E-state index in [2.05, 4.69) is 30.7 Å². The number of ether oxygens (including phenoxy) is 1. The van der Waals surface area contributed by atoms with Crippen molar-refractivity contribution >= 4 is 41.2 Å². The number of aromatic nitrogens is 2. The predicted molar refractivity (Wildman–Crippen MR) is 218 cm³/mol. The average molecular weight is 802 g/mol. The van der Waals surface area contributed by atoms with E-state index in [9.17, 15) is 29.2 Å². The van der Waals surface area contributed by atoms with Crippen LogP contribution in [0.3, 0.4) is 0 Å². The van der Waals surface area contributed by atoms with Gasteiger partial charge in [-0.15, -0.1) is 0 Å². The molecule has 1 aromatic heterocycles. The minimum absolute atomic E-state index is 0.0298. The number of carbonyl (C=O) groups excluding carboxylic acids is 5. The molecule has 1 unspecified atom stereocenters. The number of fused-ring (bicyclic) bond motifs is 1. The molecule has 8 rings (SSSR count). The molecule has 5 heterocycles. The highest BCUT2D eigenvalue weighted by Crippen LogP contribution is 2.58. The molecule has 5 amide bonds. The molecule has 59 heavy (non-hydrogen) atoms. The highest BCUT2D eigenvalue weighted by molar-refractivity contribution is 6.23. The fourth-order valence-electron chi connectivity index (χ4n) is 10.6. The van der Waals surface area contributed by atoms with Crippen molar-refractivity contribution in [3.05, 3.63) is 76.6 Å². The minimum atomic E-state index is -1.10. The zero-order valence-electron chi connectivity index (χ0n) is 34.3. The summed E-state index contributed by atoms with van der Waals surface area (Å²) < 4.78 is 6.48. The lowest BCUT2D eigenvalue weighted by Gasteiger charge is -2.65. The Bertz CT molecular complexity index is 2240. The number of aryl methyl sites for hydroxylation is 1. The van der Waals surface area contributed by atoms with Crippen molar-refractivity contribution in [3.8, 4) is 11.8 Å². The largest absolute Gasteiger partial charge is 0.489 e. The number of likely N-dealkylation sites (tertiary alicyclic amines) is 1. The van der Waals surface area contributed by atoms with Crippen LogP contribution in [0.1, 0.15) is 95.6 Å². The van der Waals surface area contributed by atoms with Crippen LogP contribution < -0.4 is 20.3 Å². The molecule has 5 aliphatic rings. The van der Waals surface area contributed by atoms with E-state index in [0.717, 1.165) is 74.8 Å². The lowest BCUT2D eigenvalue weighted by molar-refractivity contribution is -0.216. The molecule has 0 radical (unpaired) electrons. The average Bonchev–Trinajstić information content (AvgIpc) is 3.46. The van der Waals surface area contributed by atoms with Crippen molar-refractivity contribution in [2.45, 2.75) is 78.5 Å². The standard InChI is InChI=1S/C44H51N9O6/c1-26-20-31(8-6-28(26)22-45)59-41-43(2,3)40(44(41,4)5)53-35(54)11-10-34(39(53)58)52-37(56)32-9-7-30(21-33(32)38(52)57)50-18-16-49(17-19-50)25-27-12-14-51(15-13-27)42-47-23-29(24-48-42)36(46)55/h6-9,20-21,23-24,27,34,40-41H,10-19,25H2,1-5H3,(H2,46,55). The zero-order valence-corrected chi connectivity index (χ0v) is 34.3. The van der Waals surface area contributed by atoms with Crippen LogP contribution >= 0.6 is 0 Å². The molecule has 1 aliphatic carbocycles. The Morgan fingerprint density at radius 1 is 0.847 bits per heavy atom. The molecule has 2 aromatic carbocycles. The van der Waals surface area contributed by atoms with Gasteiger partial charge in [0.15, 0.2) is 0 Å². The number of hydrogen-bond donors (Lipinski definition) is 1. The molecule has 15 heteroatoms. The predicted octanol–water partition coefficient (Wildman–Crippen LogP) is 3.79. The van der Waals surface area contributed by atoms with Crippen molar-refractivity contribution < 1.29 is 28.7 Å². The maximum Gasteiger partial charge on any atom is 0.262 e. The number of imide groups is 2. The number of nitriles is 1. The number of piperidine rings is 2. The van der Waals surface area contributed by atoms with Gasteiger partial charge in [0, 0.05) is 81.1 Å². The Morgan fingerprint density at radius 2 is 1.51 bits per heavy atom.